The summed E-state index contributed by atoms with van der Waals surface area (Å²) < 4.78 is 0. The second-order valence-electron chi connectivity index (χ2n) is 7.16. The zero-order chi connectivity index (χ0) is 16.5. The summed E-state index contributed by atoms with van der Waals surface area (Å²) in [5.74, 6) is 0.928. The lowest BCUT2D eigenvalue weighted by Gasteiger charge is -2.30. The van der Waals surface area contributed by atoms with Crippen molar-refractivity contribution in [3.8, 4) is 0 Å². The van der Waals surface area contributed by atoms with Crippen molar-refractivity contribution < 1.29 is 10.2 Å². The van der Waals surface area contributed by atoms with Gasteiger partial charge in [-0.3, -0.25) is 0 Å². The van der Waals surface area contributed by atoms with Gasteiger partial charge < -0.3 is 30.6 Å². The third-order valence-electron chi connectivity index (χ3n) is 4.38. The van der Waals surface area contributed by atoms with Gasteiger partial charge in [-0.1, -0.05) is 0 Å². The van der Waals surface area contributed by atoms with Crippen LogP contribution in [0.1, 0.15) is 12.8 Å². The Bertz CT molecular complexity index is 277. The summed E-state index contributed by atoms with van der Waals surface area (Å²) in [6.07, 6.45) is 1.90. The van der Waals surface area contributed by atoms with E-state index in [0.717, 1.165) is 52.1 Å². The quantitative estimate of drug-likeness (QED) is 0.494. The maximum Gasteiger partial charge on any atom is 0.0705 e. The van der Waals surface area contributed by atoms with E-state index in [0.29, 0.717) is 11.8 Å². The van der Waals surface area contributed by atoms with E-state index < -0.39 is 0 Å². The molecule has 26 heavy (non-hydrogen) atoms. The normalized spacial score (nSPS) is 27.7. The second kappa shape index (κ2) is 19.2. The van der Waals surface area contributed by atoms with E-state index in [9.17, 15) is 10.2 Å². The third-order valence-corrected chi connectivity index (χ3v) is 4.38. The Hall–Kier alpha value is 0.920. The molecule has 6 nitrogen and oxygen atoms in total. The minimum absolute atomic E-state index is 0. The van der Waals surface area contributed by atoms with Gasteiger partial charge in [0, 0.05) is 26.2 Å². The molecule has 2 aliphatic heterocycles. The zero-order valence-electron chi connectivity index (χ0n) is 16.4. The van der Waals surface area contributed by atoms with Gasteiger partial charge in [0.1, 0.15) is 0 Å². The topological polar surface area (TPSA) is 71.0 Å². The molecule has 0 aliphatic carbocycles. The Morgan fingerprint density at radius 2 is 1.00 bits per heavy atom. The number of nitrogens with zero attached hydrogens (tertiary/aromatic N) is 2. The standard InChI is InChI=1S/2C8H18N2O.4ClH/c2*1-10(2)6-7-3-4-9-5-8(7)11;;;;/h2*7-9,11H,3-6H2,1-2H3;4*1H/t2*7-,8+;;;;/m10..../s1. The molecule has 0 spiro atoms. The van der Waals surface area contributed by atoms with Crippen molar-refractivity contribution in [1.82, 2.24) is 20.4 Å². The first-order valence-electron chi connectivity index (χ1n) is 8.47. The van der Waals surface area contributed by atoms with Crippen LogP contribution in [-0.2, 0) is 0 Å². The second-order valence-corrected chi connectivity index (χ2v) is 7.16. The molecule has 164 valence electrons. The molecule has 0 aromatic rings. The van der Waals surface area contributed by atoms with E-state index in [1.54, 1.807) is 0 Å². The Labute approximate surface area is 184 Å². The predicted octanol–water partition coefficient (Wildman–Crippen LogP) is 0.724. The number of β-amino-alcohol motifs (C(OH)–C–C–N with tert-alkyl or cyclic N) is 2. The highest BCUT2D eigenvalue weighted by Crippen LogP contribution is 2.13. The molecule has 4 atom stereocenters. The number of halogens is 4. The summed E-state index contributed by atoms with van der Waals surface area (Å²) in [5, 5.41) is 25.4. The molecule has 0 saturated carbocycles. The van der Waals surface area contributed by atoms with E-state index >= 15 is 0 Å². The average Bonchev–Trinajstić information content (AvgIpc) is 2.44. The summed E-state index contributed by atoms with van der Waals surface area (Å²) in [4.78, 5) is 4.28. The van der Waals surface area contributed by atoms with Crippen LogP contribution in [0, 0.1) is 11.8 Å². The minimum atomic E-state index is -0.147. The molecule has 2 saturated heterocycles. The van der Waals surface area contributed by atoms with E-state index in [-0.39, 0.29) is 61.8 Å². The number of aliphatic hydroxyl groups excluding tert-OH is 2. The van der Waals surface area contributed by atoms with Crippen molar-refractivity contribution in [2.45, 2.75) is 25.0 Å². The van der Waals surface area contributed by atoms with Crippen LogP contribution in [-0.4, -0.2) is 99.7 Å². The fourth-order valence-corrected chi connectivity index (χ4v) is 3.16. The number of aliphatic hydroxyl groups is 2. The van der Waals surface area contributed by atoms with Gasteiger partial charge >= 0.3 is 0 Å². The molecule has 4 N–H and O–H groups in total. The van der Waals surface area contributed by atoms with Crippen LogP contribution in [0.25, 0.3) is 0 Å². The summed E-state index contributed by atoms with van der Waals surface area (Å²) in [6.45, 7) is 5.63. The fourth-order valence-electron chi connectivity index (χ4n) is 3.16. The highest BCUT2D eigenvalue weighted by atomic mass is 35.5. The molecule has 2 aliphatic rings. The van der Waals surface area contributed by atoms with Crippen molar-refractivity contribution >= 4 is 49.6 Å². The van der Waals surface area contributed by atoms with E-state index in [1.807, 2.05) is 0 Å². The van der Waals surface area contributed by atoms with Crippen LogP contribution in [0.2, 0.25) is 0 Å². The van der Waals surface area contributed by atoms with Gasteiger partial charge in [0.05, 0.1) is 12.2 Å². The molecule has 0 bridgehead atoms. The third kappa shape index (κ3) is 14.9. The smallest absolute Gasteiger partial charge is 0.0705 e. The van der Waals surface area contributed by atoms with Crippen molar-refractivity contribution in [2.24, 2.45) is 11.8 Å². The largest absolute Gasteiger partial charge is 0.391 e. The predicted molar refractivity (Wildman–Crippen MR) is 120 cm³/mol. The first-order valence-corrected chi connectivity index (χ1v) is 8.47. The number of nitrogens with one attached hydrogen (secondary N) is 2. The lowest BCUT2D eigenvalue weighted by molar-refractivity contribution is 0.0665. The first kappa shape index (κ1) is 34.4. The Morgan fingerprint density at radius 1 is 0.692 bits per heavy atom. The average molecular weight is 462 g/mol. The van der Waals surface area contributed by atoms with Crippen LogP contribution in [0.3, 0.4) is 0 Å². The van der Waals surface area contributed by atoms with Crippen molar-refractivity contribution in [3.05, 3.63) is 0 Å². The molecule has 0 radical (unpaired) electrons. The van der Waals surface area contributed by atoms with Crippen LogP contribution < -0.4 is 10.6 Å². The molecule has 0 unspecified atom stereocenters. The monoisotopic (exact) mass is 460 g/mol. The van der Waals surface area contributed by atoms with Crippen molar-refractivity contribution in [1.29, 1.82) is 0 Å². The molecule has 2 fully saturated rings. The van der Waals surface area contributed by atoms with Gasteiger partial charge in [-0.15, -0.1) is 49.6 Å². The highest BCUT2D eigenvalue weighted by molar-refractivity contribution is 5.86. The fraction of sp³-hybridized carbons (Fsp3) is 1.00. The van der Waals surface area contributed by atoms with Gasteiger partial charge in [-0.2, -0.15) is 0 Å². The minimum Gasteiger partial charge on any atom is -0.391 e. The van der Waals surface area contributed by atoms with E-state index in [1.165, 1.54) is 0 Å². The van der Waals surface area contributed by atoms with Crippen molar-refractivity contribution in [2.75, 3.05) is 67.5 Å². The molecule has 10 heteroatoms. The Morgan fingerprint density at radius 3 is 1.23 bits per heavy atom. The summed E-state index contributed by atoms with van der Waals surface area (Å²) >= 11 is 0. The van der Waals surface area contributed by atoms with Gasteiger partial charge in [0.25, 0.3) is 0 Å². The highest BCUT2D eigenvalue weighted by Gasteiger charge is 2.23. The molecule has 0 aromatic carbocycles. The number of hydrogen-bond acceptors (Lipinski definition) is 6. The molecule has 0 aromatic heterocycles. The van der Waals surface area contributed by atoms with Gasteiger partial charge in [0.2, 0.25) is 0 Å². The van der Waals surface area contributed by atoms with Gasteiger partial charge in [0.15, 0.2) is 0 Å². The Kier molecular flexibility index (Phi) is 25.5. The maximum absolute atomic E-state index is 9.53. The van der Waals surface area contributed by atoms with Crippen LogP contribution in [0.15, 0.2) is 0 Å². The van der Waals surface area contributed by atoms with E-state index in [2.05, 4.69) is 48.6 Å². The Balaban J connectivity index is -0.000000161. The summed E-state index contributed by atoms with van der Waals surface area (Å²) in [7, 11) is 8.20. The molecule has 2 heterocycles. The van der Waals surface area contributed by atoms with Crippen molar-refractivity contribution in [3.63, 3.8) is 0 Å². The van der Waals surface area contributed by atoms with Crippen LogP contribution in [0.5, 0.6) is 0 Å². The zero-order valence-corrected chi connectivity index (χ0v) is 19.7. The lowest BCUT2D eigenvalue weighted by Crippen LogP contribution is -2.44. The maximum atomic E-state index is 9.53. The number of rotatable bonds is 4. The summed E-state index contributed by atoms with van der Waals surface area (Å²) in [6, 6.07) is 0. The lowest BCUT2D eigenvalue weighted by atomic mass is 9.95. The number of piperidine rings is 2. The number of hydrogen-bond donors (Lipinski definition) is 4. The molecule has 0 amide bonds. The molecular weight excluding hydrogens is 422 g/mol. The van der Waals surface area contributed by atoms with Gasteiger partial charge in [-0.05, 0) is 66.0 Å². The van der Waals surface area contributed by atoms with Crippen LogP contribution >= 0.6 is 49.6 Å². The van der Waals surface area contributed by atoms with Gasteiger partial charge in [-0.25, -0.2) is 0 Å². The molecule has 2 rings (SSSR count). The SMILES string of the molecule is CN(C)C[C@@H]1CCNC[C@H]1O.CN(C)C[C@H]1CCNC[C@@H]1O.Cl.Cl.Cl.Cl. The van der Waals surface area contributed by atoms with E-state index in [4.69, 9.17) is 0 Å². The summed E-state index contributed by atoms with van der Waals surface area (Å²) in [5.41, 5.74) is 0. The van der Waals surface area contributed by atoms with Crippen LogP contribution in [0.4, 0.5) is 0 Å². The molecular formula is C16H40Cl4N4O2. The first-order chi connectivity index (χ1) is 10.4.